The van der Waals surface area contributed by atoms with Crippen LogP contribution < -0.4 is 0 Å². The molecule has 4 aliphatic rings. The lowest BCUT2D eigenvalue weighted by Gasteiger charge is -2.62. The van der Waals surface area contributed by atoms with E-state index >= 15 is 4.39 Å². The van der Waals surface area contributed by atoms with E-state index in [1.807, 2.05) is 0 Å². The number of hydrogen-bond acceptors (Lipinski definition) is 5. The van der Waals surface area contributed by atoms with Gasteiger partial charge in [-0.1, -0.05) is 32.1 Å². The monoisotopic (exact) mass is 434 g/mol. The molecule has 0 aromatic heterocycles. The number of carbonyl (C=O) groups is 3. The normalized spacial score (nSPS) is 46.0. The van der Waals surface area contributed by atoms with Crippen LogP contribution in [-0.4, -0.2) is 40.3 Å². The molecule has 4 rings (SSSR count). The first kappa shape index (κ1) is 22.1. The smallest absolute Gasteiger partial charge is 0.349 e. The topological polar surface area (TPSA) is 80.7 Å². The Balaban J connectivity index is 1.85. The number of esters is 1. The lowest BCUT2D eigenvalue weighted by atomic mass is 9.45. The summed E-state index contributed by atoms with van der Waals surface area (Å²) in [6.45, 7) is 8.67. The molecule has 3 saturated carbocycles. The molecule has 168 valence electrons. The molecule has 0 saturated heterocycles. The molecule has 0 amide bonds. The van der Waals surface area contributed by atoms with Gasteiger partial charge in [-0.05, 0) is 56.3 Å². The average Bonchev–Trinajstić information content (AvgIpc) is 2.91. The van der Waals surface area contributed by atoms with Gasteiger partial charge in [0.2, 0.25) is 5.60 Å². The van der Waals surface area contributed by atoms with Crippen LogP contribution in [0.3, 0.4) is 0 Å². The summed E-state index contributed by atoms with van der Waals surface area (Å²) in [6, 6.07) is -1.84. The molecule has 1 N–H and O–H groups in total. The number of rotatable bonds is 3. The SMILES string of the molecule is C=C1C[C@H]2[C@@H]3CCC4=CC(=O)C=C[C@]4(C)[C@@]3(F)[C@@H](O)C[C@]2(C)[C@@]1(OC(=O)CC)C(=O)F. The van der Waals surface area contributed by atoms with E-state index in [-0.39, 0.29) is 30.6 Å². The van der Waals surface area contributed by atoms with Gasteiger partial charge in [0, 0.05) is 23.2 Å². The molecule has 0 unspecified atom stereocenters. The van der Waals surface area contributed by atoms with E-state index in [1.165, 1.54) is 25.2 Å². The number of halogens is 2. The van der Waals surface area contributed by atoms with Crippen molar-refractivity contribution < 1.29 is 33.0 Å². The van der Waals surface area contributed by atoms with Gasteiger partial charge in [0.05, 0.1) is 6.10 Å². The summed E-state index contributed by atoms with van der Waals surface area (Å²) in [4.78, 5) is 36.4. The second kappa shape index (κ2) is 6.67. The van der Waals surface area contributed by atoms with Crippen molar-refractivity contribution in [2.24, 2.45) is 22.7 Å². The molecular formula is C24H28F2O5. The fraction of sp³-hybridized carbons (Fsp3) is 0.625. The quantitative estimate of drug-likeness (QED) is 0.416. The third kappa shape index (κ3) is 2.47. The zero-order chi connectivity index (χ0) is 23.0. The lowest BCUT2D eigenvalue weighted by molar-refractivity contribution is -0.225. The summed E-state index contributed by atoms with van der Waals surface area (Å²) in [5.74, 6) is -2.27. The number of carbonyl (C=O) groups excluding carboxylic acids is 3. The van der Waals surface area contributed by atoms with Crippen LogP contribution in [0.1, 0.15) is 52.9 Å². The lowest BCUT2D eigenvalue weighted by Crippen LogP contribution is -2.69. The number of ether oxygens (including phenoxy) is 1. The molecule has 0 aromatic carbocycles. The second-order valence-corrected chi connectivity index (χ2v) is 9.85. The van der Waals surface area contributed by atoms with Gasteiger partial charge in [0.15, 0.2) is 11.5 Å². The summed E-state index contributed by atoms with van der Waals surface area (Å²) in [5, 5.41) is 11.2. The largest absolute Gasteiger partial charge is 0.443 e. The summed E-state index contributed by atoms with van der Waals surface area (Å²) >= 11 is 0. The van der Waals surface area contributed by atoms with Gasteiger partial charge in [0.1, 0.15) is 0 Å². The highest BCUT2D eigenvalue weighted by atomic mass is 19.1. The van der Waals surface area contributed by atoms with E-state index in [9.17, 15) is 23.9 Å². The Bertz CT molecular complexity index is 954. The van der Waals surface area contributed by atoms with Crippen molar-refractivity contribution in [1.82, 2.24) is 0 Å². The van der Waals surface area contributed by atoms with Gasteiger partial charge in [-0.2, -0.15) is 4.39 Å². The Hall–Kier alpha value is -2.15. The Labute approximate surface area is 180 Å². The first-order valence-corrected chi connectivity index (χ1v) is 10.8. The molecule has 7 heteroatoms. The number of fused-ring (bicyclic) bond motifs is 5. The Morgan fingerprint density at radius 1 is 1.32 bits per heavy atom. The highest BCUT2D eigenvalue weighted by Gasteiger charge is 2.77. The van der Waals surface area contributed by atoms with Crippen LogP contribution >= 0.6 is 0 Å². The van der Waals surface area contributed by atoms with Crippen molar-refractivity contribution in [2.75, 3.05) is 0 Å². The number of alkyl halides is 1. The van der Waals surface area contributed by atoms with Crippen molar-refractivity contribution in [2.45, 2.75) is 70.2 Å². The molecule has 31 heavy (non-hydrogen) atoms. The minimum Gasteiger partial charge on any atom is -0.443 e. The van der Waals surface area contributed by atoms with Gasteiger partial charge in [-0.25, -0.2) is 4.39 Å². The number of aliphatic hydroxyl groups excluding tert-OH is 1. The van der Waals surface area contributed by atoms with E-state index in [1.54, 1.807) is 13.8 Å². The molecule has 3 fully saturated rings. The van der Waals surface area contributed by atoms with Crippen LogP contribution in [0, 0.1) is 22.7 Å². The minimum atomic E-state index is -2.23. The van der Waals surface area contributed by atoms with E-state index < -0.39 is 52.0 Å². The highest BCUT2D eigenvalue weighted by Crippen LogP contribution is 2.71. The van der Waals surface area contributed by atoms with Crippen molar-refractivity contribution >= 4 is 17.8 Å². The number of hydrogen-bond donors (Lipinski definition) is 1. The van der Waals surface area contributed by atoms with E-state index in [0.29, 0.717) is 18.4 Å². The molecule has 5 nitrogen and oxygen atoms in total. The molecule has 0 radical (unpaired) electrons. The fourth-order valence-electron chi connectivity index (χ4n) is 6.99. The molecule has 0 aromatic rings. The summed E-state index contributed by atoms with van der Waals surface area (Å²) < 4.78 is 37.1. The fourth-order valence-corrected chi connectivity index (χ4v) is 6.99. The first-order valence-electron chi connectivity index (χ1n) is 10.8. The van der Waals surface area contributed by atoms with E-state index in [2.05, 4.69) is 6.58 Å². The van der Waals surface area contributed by atoms with Crippen LogP contribution in [-0.2, 0) is 19.1 Å². The zero-order valence-corrected chi connectivity index (χ0v) is 18.0. The zero-order valence-electron chi connectivity index (χ0n) is 18.0. The van der Waals surface area contributed by atoms with Crippen molar-refractivity contribution in [3.8, 4) is 0 Å². The van der Waals surface area contributed by atoms with Crippen LogP contribution in [0.2, 0.25) is 0 Å². The standard InChI is InChI=1S/C24H28F2O5/c1-5-19(29)31-24(20(25)30)13(2)10-17-16-7-6-14-11-15(27)8-9-21(14,3)23(16,26)18(28)12-22(17,24)4/h8-9,11,16-18,28H,2,5-7,10,12H2,1,3-4H3/t16-,17-,18-,21-,22-,23-,24-/m0/s1. The number of allylic oxidation sites excluding steroid dienone is 4. The van der Waals surface area contributed by atoms with Gasteiger partial charge >= 0.3 is 12.0 Å². The number of ketones is 1. The molecule has 0 heterocycles. The molecule has 0 aliphatic heterocycles. The van der Waals surface area contributed by atoms with Crippen LogP contribution in [0.5, 0.6) is 0 Å². The molecule has 7 atom stereocenters. The van der Waals surface area contributed by atoms with Gasteiger partial charge < -0.3 is 9.84 Å². The maximum Gasteiger partial charge on any atom is 0.349 e. The second-order valence-electron chi connectivity index (χ2n) is 9.85. The van der Waals surface area contributed by atoms with E-state index in [0.717, 1.165) is 0 Å². The maximum absolute atomic E-state index is 17.0. The van der Waals surface area contributed by atoms with Crippen molar-refractivity contribution in [3.63, 3.8) is 0 Å². The first-order chi connectivity index (χ1) is 14.4. The van der Waals surface area contributed by atoms with Crippen LogP contribution in [0.25, 0.3) is 0 Å². The summed E-state index contributed by atoms with van der Waals surface area (Å²) in [7, 11) is 0. The van der Waals surface area contributed by atoms with Crippen molar-refractivity contribution in [3.05, 3.63) is 36.0 Å². The maximum atomic E-state index is 17.0. The number of aliphatic hydroxyl groups is 1. The van der Waals surface area contributed by atoms with Gasteiger partial charge in [-0.15, -0.1) is 0 Å². The summed E-state index contributed by atoms with van der Waals surface area (Å²) in [6.07, 6.45) is 3.26. The Morgan fingerprint density at radius 3 is 2.61 bits per heavy atom. The predicted molar refractivity (Wildman–Crippen MR) is 108 cm³/mol. The van der Waals surface area contributed by atoms with Gasteiger partial charge in [0.25, 0.3) is 0 Å². The molecule has 0 spiro atoms. The summed E-state index contributed by atoms with van der Waals surface area (Å²) in [5.41, 5.74) is -6.16. The minimum absolute atomic E-state index is 0.0624. The van der Waals surface area contributed by atoms with Crippen molar-refractivity contribution in [1.29, 1.82) is 0 Å². The van der Waals surface area contributed by atoms with Crippen LogP contribution in [0.15, 0.2) is 36.0 Å². The van der Waals surface area contributed by atoms with E-state index in [4.69, 9.17) is 4.74 Å². The average molecular weight is 434 g/mol. The van der Waals surface area contributed by atoms with Crippen LogP contribution in [0.4, 0.5) is 8.78 Å². The predicted octanol–water partition coefficient (Wildman–Crippen LogP) is 3.71. The van der Waals surface area contributed by atoms with Gasteiger partial charge in [-0.3, -0.25) is 14.4 Å². The highest BCUT2D eigenvalue weighted by molar-refractivity contribution is 6.01. The third-order valence-corrected chi connectivity index (χ3v) is 8.63. The molecule has 4 aliphatic carbocycles. The molecule has 0 bridgehead atoms. The molecular weight excluding hydrogens is 406 g/mol. The Kier molecular flexibility index (Phi) is 4.75. The Morgan fingerprint density at radius 2 is 2.00 bits per heavy atom. The third-order valence-electron chi connectivity index (χ3n) is 8.63.